The Kier molecular flexibility index (Phi) is 4.24. The molecular weight excluding hydrogens is 282 g/mol. The molecule has 0 amide bonds. The van der Waals surface area contributed by atoms with E-state index in [1.807, 2.05) is 13.8 Å². The number of benzene rings is 1. The van der Waals surface area contributed by atoms with Crippen LogP contribution in [0.1, 0.15) is 13.8 Å². The number of nitrogens with one attached hydrogen (secondary N) is 2. The van der Waals surface area contributed by atoms with E-state index in [9.17, 15) is 8.42 Å². The zero-order chi connectivity index (χ0) is 14.8. The van der Waals surface area contributed by atoms with Crippen LogP contribution < -0.4 is 24.7 Å². The maximum Gasteiger partial charge on any atom is 0.299 e. The summed E-state index contributed by atoms with van der Waals surface area (Å²) in [6.07, 6.45) is 0. The van der Waals surface area contributed by atoms with Crippen molar-refractivity contribution in [1.29, 1.82) is 0 Å². The van der Waals surface area contributed by atoms with Crippen LogP contribution in [-0.4, -0.2) is 28.2 Å². The van der Waals surface area contributed by atoms with Crippen molar-refractivity contribution in [3.63, 3.8) is 0 Å². The van der Waals surface area contributed by atoms with Crippen LogP contribution in [0.25, 0.3) is 0 Å². The lowest BCUT2D eigenvalue weighted by Gasteiger charge is -2.20. The summed E-state index contributed by atoms with van der Waals surface area (Å²) in [5, 5.41) is 0. The van der Waals surface area contributed by atoms with Crippen molar-refractivity contribution in [2.24, 2.45) is 5.92 Å². The molecule has 1 heterocycles. The van der Waals surface area contributed by atoms with E-state index in [0.29, 0.717) is 31.3 Å². The minimum atomic E-state index is -3.66. The summed E-state index contributed by atoms with van der Waals surface area (Å²) in [5.41, 5.74) is 6.37. The monoisotopic (exact) mass is 301 g/mol. The molecule has 0 radical (unpaired) electrons. The molecule has 0 atom stereocenters. The highest BCUT2D eigenvalue weighted by molar-refractivity contribution is 7.90. The first-order chi connectivity index (χ1) is 9.37. The molecule has 0 saturated carbocycles. The average molecular weight is 301 g/mol. The summed E-state index contributed by atoms with van der Waals surface area (Å²) in [4.78, 5) is 0. The van der Waals surface area contributed by atoms with Gasteiger partial charge in [0.2, 0.25) is 0 Å². The van der Waals surface area contributed by atoms with Gasteiger partial charge in [-0.25, -0.2) is 0 Å². The van der Waals surface area contributed by atoms with E-state index in [-0.39, 0.29) is 17.3 Å². The minimum absolute atomic E-state index is 0.212. The van der Waals surface area contributed by atoms with Gasteiger partial charge in [0, 0.05) is 18.7 Å². The molecule has 2 rings (SSSR count). The second-order valence-corrected chi connectivity index (χ2v) is 6.43. The fraction of sp³-hybridized carbons (Fsp3) is 0.500. The van der Waals surface area contributed by atoms with E-state index in [1.165, 1.54) is 6.07 Å². The summed E-state index contributed by atoms with van der Waals surface area (Å²) in [7, 11) is -3.66. The summed E-state index contributed by atoms with van der Waals surface area (Å²) in [6.45, 7) is 5.06. The van der Waals surface area contributed by atoms with Crippen LogP contribution in [0.4, 0.5) is 11.4 Å². The molecule has 0 unspecified atom stereocenters. The van der Waals surface area contributed by atoms with Crippen LogP contribution in [0.2, 0.25) is 0 Å². The smallest absolute Gasteiger partial charge is 0.299 e. The molecule has 0 fully saturated rings. The van der Waals surface area contributed by atoms with Gasteiger partial charge in [-0.05, 0) is 5.92 Å². The Morgan fingerprint density at radius 2 is 1.85 bits per heavy atom. The first kappa shape index (κ1) is 14.7. The van der Waals surface area contributed by atoms with Gasteiger partial charge in [-0.3, -0.25) is 4.72 Å². The number of rotatable bonds is 5. The maximum absolute atomic E-state index is 11.9. The van der Waals surface area contributed by atoms with Crippen molar-refractivity contribution in [1.82, 2.24) is 4.72 Å². The average Bonchev–Trinajstić information content (AvgIpc) is 2.37. The molecule has 7 nitrogen and oxygen atoms in total. The maximum atomic E-state index is 11.9. The molecule has 112 valence electrons. The molecule has 0 bridgehead atoms. The van der Waals surface area contributed by atoms with E-state index >= 15 is 0 Å². The Morgan fingerprint density at radius 3 is 2.45 bits per heavy atom. The number of anilines is 2. The minimum Gasteiger partial charge on any atom is -0.486 e. The Balaban J connectivity index is 2.17. The summed E-state index contributed by atoms with van der Waals surface area (Å²) < 4.78 is 39.4. The first-order valence-electron chi connectivity index (χ1n) is 6.34. The van der Waals surface area contributed by atoms with Gasteiger partial charge in [0.05, 0.1) is 11.4 Å². The van der Waals surface area contributed by atoms with Crippen molar-refractivity contribution in [2.75, 3.05) is 30.2 Å². The van der Waals surface area contributed by atoms with Crippen LogP contribution >= 0.6 is 0 Å². The van der Waals surface area contributed by atoms with Crippen molar-refractivity contribution < 1.29 is 17.9 Å². The highest BCUT2D eigenvalue weighted by Crippen LogP contribution is 2.37. The quantitative estimate of drug-likeness (QED) is 0.702. The molecule has 1 aromatic carbocycles. The normalized spacial score (nSPS) is 14.3. The number of nitrogens with two attached hydrogens (primary N) is 1. The molecule has 8 heteroatoms. The van der Waals surface area contributed by atoms with Gasteiger partial charge in [0.15, 0.2) is 11.5 Å². The molecule has 4 N–H and O–H groups in total. The summed E-state index contributed by atoms with van der Waals surface area (Å²) >= 11 is 0. The van der Waals surface area contributed by atoms with Gasteiger partial charge in [-0.2, -0.15) is 13.1 Å². The van der Waals surface area contributed by atoms with Crippen LogP contribution in [0.15, 0.2) is 12.1 Å². The van der Waals surface area contributed by atoms with Crippen molar-refractivity contribution in [3.05, 3.63) is 12.1 Å². The van der Waals surface area contributed by atoms with E-state index in [0.717, 1.165) is 0 Å². The zero-order valence-electron chi connectivity index (χ0n) is 11.5. The van der Waals surface area contributed by atoms with Crippen LogP contribution in [0.3, 0.4) is 0 Å². The second-order valence-electron chi connectivity index (χ2n) is 4.93. The predicted molar refractivity (Wildman–Crippen MR) is 77.2 cm³/mol. The van der Waals surface area contributed by atoms with E-state index < -0.39 is 10.2 Å². The van der Waals surface area contributed by atoms with Gasteiger partial charge < -0.3 is 15.2 Å². The molecule has 1 aromatic rings. The number of fused-ring (bicyclic) bond motifs is 1. The Morgan fingerprint density at radius 1 is 1.25 bits per heavy atom. The van der Waals surface area contributed by atoms with Gasteiger partial charge in [0.25, 0.3) is 10.2 Å². The SMILES string of the molecule is CC(C)CNS(=O)(=O)Nc1cc2c(cc1N)OCCO2. The second kappa shape index (κ2) is 5.76. The predicted octanol–water partition coefficient (Wildman–Crippen LogP) is 0.942. The lowest BCUT2D eigenvalue weighted by atomic mass is 10.2. The highest BCUT2D eigenvalue weighted by Gasteiger charge is 2.18. The third-order valence-corrected chi connectivity index (χ3v) is 3.68. The van der Waals surface area contributed by atoms with Crippen molar-refractivity contribution >= 4 is 21.6 Å². The van der Waals surface area contributed by atoms with E-state index in [4.69, 9.17) is 15.2 Å². The Hall–Kier alpha value is -1.67. The topological polar surface area (TPSA) is 103 Å². The van der Waals surface area contributed by atoms with Crippen LogP contribution in [0, 0.1) is 5.92 Å². The zero-order valence-corrected chi connectivity index (χ0v) is 12.3. The lowest BCUT2D eigenvalue weighted by molar-refractivity contribution is 0.172. The number of ether oxygens (including phenoxy) is 2. The molecule has 0 aliphatic carbocycles. The first-order valence-corrected chi connectivity index (χ1v) is 7.82. The van der Waals surface area contributed by atoms with Crippen molar-refractivity contribution in [3.8, 4) is 11.5 Å². The summed E-state index contributed by atoms with van der Waals surface area (Å²) in [6, 6.07) is 3.08. The van der Waals surface area contributed by atoms with E-state index in [2.05, 4.69) is 9.44 Å². The largest absolute Gasteiger partial charge is 0.486 e. The molecule has 1 aliphatic rings. The summed E-state index contributed by atoms with van der Waals surface area (Å²) in [5.74, 6) is 1.21. The lowest BCUT2D eigenvalue weighted by Crippen LogP contribution is -2.33. The Bertz CT molecular complexity index is 587. The molecule has 20 heavy (non-hydrogen) atoms. The van der Waals surface area contributed by atoms with Crippen LogP contribution in [-0.2, 0) is 10.2 Å². The number of nitrogen functional groups attached to an aromatic ring is 1. The van der Waals surface area contributed by atoms with Gasteiger partial charge in [-0.15, -0.1) is 0 Å². The highest BCUT2D eigenvalue weighted by atomic mass is 32.2. The fourth-order valence-electron chi connectivity index (χ4n) is 1.65. The third kappa shape index (κ3) is 3.67. The van der Waals surface area contributed by atoms with Gasteiger partial charge in [-0.1, -0.05) is 13.8 Å². The Labute approximate surface area is 118 Å². The molecular formula is C12H19N3O4S. The number of hydrogen-bond donors (Lipinski definition) is 3. The fourth-order valence-corrected chi connectivity index (χ4v) is 2.74. The van der Waals surface area contributed by atoms with Gasteiger partial charge >= 0.3 is 0 Å². The van der Waals surface area contributed by atoms with Crippen molar-refractivity contribution in [2.45, 2.75) is 13.8 Å². The standard InChI is InChI=1S/C12H19N3O4S/c1-8(2)7-14-20(16,17)15-10-6-12-11(5-9(10)13)18-3-4-19-12/h5-6,8,14-15H,3-4,7,13H2,1-2H3. The van der Waals surface area contributed by atoms with Gasteiger partial charge in [0.1, 0.15) is 13.2 Å². The molecule has 0 saturated heterocycles. The molecule has 1 aliphatic heterocycles. The molecule has 0 spiro atoms. The van der Waals surface area contributed by atoms with Crippen LogP contribution in [0.5, 0.6) is 11.5 Å². The molecule has 0 aromatic heterocycles. The van der Waals surface area contributed by atoms with E-state index in [1.54, 1.807) is 6.07 Å². The third-order valence-electron chi connectivity index (χ3n) is 2.64. The number of hydrogen-bond acceptors (Lipinski definition) is 5.